The number of nitrogens with one attached hydrogen (secondary N) is 3. The fraction of sp³-hybridized carbons (Fsp3) is 0.579. The summed E-state index contributed by atoms with van der Waals surface area (Å²) in [6.45, 7) is 4.39. The van der Waals surface area contributed by atoms with E-state index in [0.717, 1.165) is 37.9 Å². The number of rotatable bonds is 3. The molecule has 3 rings (SSSR count). The van der Waals surface area contributed by atoms with Gasteiger partial charge < -0.3 is 20.9 Å². The molecule has 0 saturated carbocycles. The molecule has 2 atom stereocenters. The van der Waals surface area contributed by atoms with Crippen LogP contribution in [0.5, 0.6) is 0 Å². The van der Waals surface area contributed by atoms with E-state index in [2.05, 4.69) is 22.9 Å². The maximum atomic E-state index is 12.4. The van der Waals surface area contributed by atoms with Gasteiger partial charge in [-0.2, -0.15) is 0 Å². The lowest BCUT2D eigenvalue weighted by atomic mass is 9.92. The number of amides is 3. The Morgan fingerprint density at radius 2 is 1.84 bits per heavy atom. The number of urea groups is 1. The second kappa shape index (κ2) is 8.34. The van der Waals surface area contributed by atoms with Gasteiger partial charge in [0.1, 0.15) is 0 Å². The normalized spacial score (nSPS) is 24.6. The van der Waals surface area contributed by atoms with E-state index in [1.807, 2.05) is 35.2 Å². The summed E-state index contributed by atoms with van der Waals surface area (Å²) in [5, 5.41) is 9.49. The highest BCUT2D eigenvalue weighted by Crippen LogP contribution is 2.18. The molecule has 1 aromatic carbocycles. The molecule has 25 heavy (non-hydrogen) atoms. The zero-order chi connectivity index (χ0) is 17.6. The molecule has 6 heteroatoms. The lowest BCUT2D eigenvalue weighted by Gasteiger charge is -2.34. The number of piperidine rings is 2. The molecule has 0 bridgehead atoms. The summed E-state index contributed by atoms with van der Waals surface area (Å²) in [5.41, 5.74) is 0.808. The Morgan fingerprint density at radius 3 is 2.52 bits per heavy atom. The van der Waals surface area contributed by atoms with Crippen molar-refractivity contribution >= 4 is 17.6 Å². The van der Waals surface area contributed by atoms with E-state index < -0.39 is 0 Å². The summed E-state index contributed by atoms with van der Waals surface area (Å²) in [6, 6.07) is 10.0. The molecule has 2 aliphatic heterocycles. The van der Waals surface area contributed by atoms with Crippen LogP contribution in [-0.4, -0.2) is 48.6 Å². The summed E-state index contributed by atoms with van der Waals surface area (Å²) < 4.78 is 0. The van der Waals surface area contributed by atoms with E-state index in [4.69, 9.17) is 0 Å². The third-order valence-corrected chi connectivity index (χ3v) is 5.15. The smallest absolute Gasteiger partial charge is 0.321 e. The molecule has 0 spiro atoms. The van der Waals surface area contributed by atoms with Crippen LogP contribution in [0.25, 0.3) is 0 Å². The first-order valence-electron chi connectivity index (χ1n) is 9.26. The van der Waals surface area contributed by atoms with Gasteiger partial charge in [0.2, 0.25) is 5.91 Å². The SMILES string of the molecule is C[C@H]1C[C@@H](C(=O)NC2CCN(C(=O)Nc3ccccc3)CC2)CCN1. The standard InChI is InChI=1S/C19H28N4O2/c1-14-13-15(7-10-20-14)18(24)21-17-8-11-23(12-9-17)19(25)22-16-5-3-2-4-6-16/h2-6,14-15,17,20H,7-13H2,1H3,(H,21,24)(H,22,25)/t14-,15-/m0/s1. The number of likely N-dealkylation sites (tertiary alicyclic amines) is 1. The van der Waals surface area contributed by atoms with E-state index in [0.29, 0.717) is 19.1 Å². The zero-order valence-corrected chi connectivity index (χ0v) is 14.8. The third-order valence-electron chi connectivity index (χ3n) is 5.15. The van der Waals surface area contributed by atoms with E-state index in [1.54, 1.807) is 0 Å². The minimum atomic E-state index is -0.0665. The molecular weight excluding hydrogens is 316 g/mol. The molecule has 2 heterocycles. The van der Waals surface area contributed by atoms with Crippen molar-refractivity contribution in [3.05, 3.63) is 30.3 Å². The Kier molecular flexibility index (Phi) is 5.91. The van der Waals surface area contributed by atoms with E-state index in [9.17, 15) is 9.59 Å². The number of hydrogen-bond acceptors (Lipinski definition) is 3. The molecule has 2 aliphatic rings. The van der Waals surface area contributed by atoms with Crippen molar-refractivity contribution in [2.24, 2.45) is 5.92 Å². The highest BCUT2D eigenvalue weighted by atomic mass is 16.2. The van der Waals surface area contributed by atoms with Gasteiger partial charge in [-0.3, -0.25) is 4.79 Å². The summed E-state index contributed by atoms with van der Waals surface area (Å²) in [5.74, 6) is 0.302. The average molecular weight is 344 g/mol. The molecule has 2 fully saturated rings. The van der Waals surface area contributed by atoms with Crippen LogP contribution < -0.4 is 16.0 Å². The van der Waals surface area contributed by atoms with Crippen molar-refractivity contribution in [1.29, 1.82) is 0 Å². The van der Waals surface area contributed by atoms with Gasteiger partial charge in [-0.05, 0) is 51.3 Å². The molecule has 0 unspecified atom stereocenters. The van der Waals surface area contributed by atoms with Crippen molar-refractivity contribution < 1.29 is 9.59 Å². The van der Waals surface area contributed by atoms with E-state index in [-0.39, 0.29) is 23.9 Å². The van der Waals surface area contributed by atoms with Crippen LogP contribution in [0, 0.1) is 5.92 Å². The predicted molar refractivity (Wildman–Crippen MR) is 98.4 cm³/mol. The molecule has 2 saturated heterocycles. The number of para-hydroxylation sites is 1. The Morgan fingerprint density at radius 1 is 1.12 bits per heavy atom. The quantitative estimate of drug-likeness (QED) is 0.787. The second-order valence-electron chi connectivity index (χ2n) is 7.14. The van der Waals surface area contributed by atoms with Gasteiger partial charge in [0.25, 0.3) is 0 Å². The summed E-state index contributed by atoms with van der Waals surface area (Å²) in [4.78, 5) is 26.6. The van der Waals surface area contributed by atoms with Gasteiger partial charge in [-0.1, -0.05) is 18.2 Å². The van der Waals surface area contributed by atoms with Gasteiger partial charge in [-0.15, -0.1) is 0 Å². The van der Waals surface area contributed by atoms with Crippen LogP contribution in [-0.2, 0) is 4.79 Å². The molecular formula is C19H28N4O2. The minimum Gasteiger partial charge on any atom is -0.353 e. The molecule has 0 aromatic heterocycles. The van der Waals surface area contributed by atoms with E-state index in [1.165, 1.54) is 0 Å². The van der Waals surface area contributed by atoms with Crippen molar-refractivity contribution in [2.75, 3.05) is 25.0 Å². The van der Waals surface area contributed by atoms with Crippen LogP contribution in [0.1, 0.15) is 32.6 Å². The maximum absolute atomic E-state index is 12.4. The number of carbonyl (C=O) groups excluding carboxylic acids is 2. The van der Waals surface area contributed by atoms with Crippen molar-refractivity contribution in [3.8, 4) is 0 Å². The zero-order valence-electron chi connectivity index (χ0n) is 14.8. The van der Waals surface area contributed by atoms with Gasteiger partial charge in [0.15, 0.2) is 0 Å². The molecule has 6 nitrogen and oxygen atoms in total. The highest BCUT2D eigenvalue weighted by Gasteiger charge is 2.28. The van der Waals surface area contributed by atoms with Gasteiger partial charge >= 0.3 is 6.03 Å². The number of hydrogen-bond donors (Lipinski definition) is 3. The van der Waals surface area contributed by atoms with Crippen LogP contribution >= 0.6 is 0 Å². The minimum absolute atomic E-state index is 0.0665. The maximum Gasteiger partial charge on any atom is 0.321 e. The van der Waals surface area contributed by atoms with Crippen LogP contribution in [0.2, 0.25) is 0 Å². The van der Waals surface area contributed by atoms with Gasteiger partial charge in [-0.25, -0.2) is 4.79 Å². The van der Waals surface area contributed by atoms with Crippen molar-refractivity contribution in [2.45, 2.75) is 44.7 Å². The lowest BCUT2D eigenvalue weighted by molar-refractivity contribution is -0.127. The Balaban J connectivity index is 1.42. The predicted octanol–water partition coefficient (Wildman–Crippen LogP) is 2.19. The highest BCUT2D eigenvalue weighted by molar-refractivity contribution is 5.89. The monoisotopic (exact) mass is 344 g/mol. The fourth-order valence-electron chi connectivity index (χ4n) is 3.64. The summed E-state index contributed by atoms with van der Waals surface area (Å²) in [7, 11) is 0. The van der Waals surface area contributed by atoms with Crippen LogP contribution in [0.4, 0.5) is 10.5 Å². The van der Waals surface area contributed by atoms with Gasteiger partial charge in [0, 0.05) is 36.8 Å². The number of benzene rings is 1. The topological polar surface area (TPSA) is 73.5 Å². The first-order valence-corrected chi connectivity index (χ1v) is 9.26. The second-order valence-corrected chi connectivity index (χ2v) is 7.14. The average Bonchev–Trinajstić information content (AvgIpc) is 2.63. The van der Waals surface area contributed by atoms with Crippen molar-refractivity contribution in [1.82, 2.24) is 15.5 Å². The molecule has 0 aliphatic carbocycles. The van der Waals surface area contributed by atoms with Gasteiger partial charge in [0.05, 0.1) is 0 Å². The fourth-order valence-corrected chi connectivity index (χ4v) is 3.64. The molecule has 136 valence electrons. The van der Waals surface area contributed by atoms with Crippen LogP contribution in [0.3, 0.4) is 0 Å². The molecule has 3 N–H and O–H groups in total. The number of nitrogens with zero attached hydrogens (tertiary/aromatic N) is 1. The number of carbonyl (C=O) groups is 2. The first-order chi connectivity index (χ1) is 12.1. The summed E-state index contributed by atoms with van der Waals surface area (Å²) in [6.07, 6.45) is 3.45. The Labute approximate surface area is 149 Å². The third kappa shape index (κ3) is 4.95. The lowest BCUT2D eigenvalue weighted by Crippen LogP contribution is -2.50. The number of anilines is 1. The van der Waals surface area contributed by atoms with Crippen molar-refractivity contribution in [3.63, 3.8) is 0 Å². The molecule has 1 aromatic rings. The summed E-state index contributed by atoms with van der Waals surface area (Å²) >= 11 is 0. The largest absolute Gasteiger partial charge is 0.353 e. The van der Waals surface area contributed by atoms with Crippen LogP contribution in [0.15, 0.2) is 30.3 Å². The Bertz CT molecular complexity index is 584. The molecule has 0 radical (unpaired) electrons. The Hall–Kier alpha value is -2.08. The first kappa shape index (κ1) is 17.7. The van der Waals surface area contributed by atoms with E-state index >= 15 is 0 Å². The molecule has 3 amide bonds.